The third-order valence-electron chi connectivity index (χ3n) is 5.40. The number of thiophene rings is 1. The van der Waals surface area contributed by atoms with Gasteiger partial charge in [-0.3, -0.25) is 4.79 Å². The Balaban J connectivity index is 1.14. The number of carbonyl (C=O) groups excluding carboxylic acids is 2. The predicted octanol–water partition coefficient (Wildman–Crippen LogP) is 7.22. The van der Waals surface area contributed by atoms with Crippen molar-refractivity contribution in [3.8, 4) is 11.5 Å². The van der Waals surface area contributed by atoms with Crippen LogP contribution in [-0.2, 0) is 4.79 Å². The number of nitrogens with zero attached hydrogens (tertiary/aromatic N) is 1. The normalized spacial score (nSPS) is 11.2. The molecule has 0 bridgehead atoms. The molecular formula is C28H18BrClN2O4S. The molecule has 0 aliphatic rings. The number of carbonyl (C=O) groups is 2. The quantitative estimate of drug-likeness (QED) is 0.0936. The molecule has 0 atom stereocenters. The first kappa shape index (κ1) is 25.0. The van der Waals surface area contributed by atoms with Crippen molar-refractivity contribution in [3.63, 3.8) is 0 Å². The highest BCUT2D eigenvalue weighted by atomic mass is 79.9. The lowest BCUT2D eigenvalue weighted by atomic mass is 10.1. The van der Waals surface area contributed by atoms with E-state index in [0.717, 1.165) is 25.3 Å². The van der Waals surface area contributed by atoms with Crippen molar-refractivity contribution >= 4 is 77.8 Å². The summed E-state index contributed by atoms with van der Waals surface area (Å²) in [6, 6.07) is 25.9. The van der Waals surface area contributed by atoms with Crippen molar-refractivity contribution in [2.24, 2.45) is 5.10 Å². The molecule has 0 unspecified atom stereocenters. The van der Waals surface area contributed by atoms with Crippen LogP contribution >= 0.6 is 38.9 Å². The summed E-state index contributed by atoms with van der Waals surface area (Å²) >= 11 is 11.2. The van der Waals surface area contributed by atoms with Gasteiger partial charge in [-0.1, -0.05) is 60.1 Å². The Bertz CT molecular complexity index is 1650. The summed E-state index contributed by atoms with van der Waals surface area (Å²) in [6.07, 6.45) is 1.48. The number of hydrogen-bond donors (Lipinski definition) is 1. The number of rotatable bonds is 7. The van der Waals surface area contributed by atoms with Crippen LogP contribution in [0.1, 0.15) is 15.2 Å². The zero-order valence-electron chi connectivity index (χ0n) is 19.1. The van der Waals surface area contributed by atoms with Crippen molar-refractivity contribution in [1.82, 2.24) is 5.43 Å². The summed E-state index contributed by atoms with van der Waals surface area (Å²) in [7, 11) is 0. The summed E-state index contributed by atoms with van der Waals surface area (Å²) in [5.41, 5.74) is 3.14. The maximum Gasteiger partial charge on any atom is 0.355 e. The van der Waals surface area contributed by atoms with Gasteiger partial charge < -0.3 is 9.47 Å². The second kappa shape index (κ2) is 11.1. The summed E-state index contributed by atoms with van der Waals surface area (Å²) in [5.74, 6) is 0.0222. The molecule has 1 aromatic heterocycles. The van der Waals surface area contributed by atoms with E-state index in [9.17, 15) is 9.59 Å². The van der Waals surface area contributed by atoms with Gasteiger partial charge in [-0.25, -0.2) is 10.2 Å². The first-order chi connectivity index (χ1) is 18.0. The van der Waals surface area contributed by atoms with Gasteiger partial charge in [0, 0.05) is 10.1 Å². The molecule has 0 aliphatic heterocycles. The highest BCUT2D eigenvalue weighted by molar-refractivity contribution is 9.10. The van der Waals surface area contributed by atoms with Gasteiger partial charge in [-0.05, 0) is 68.7 Å². The van der Waals surface area contributed by atoms with Crippen molar-refractivity contribution in [3.05, 3.63) is 105 Å². The number of nitrogens with one attached hydrogen (secondary N) is 1. The van der Waals surface area contributed by atoms with Crippen LogP contribution in [0.2, 0.25) is 5.02 Å². The lowest BCUT2D eigenvalue weighted by Crippen LogP contribution is -2.24. The molecule has 1 amide bonds. The molecule has 1 heterocycles. The molecule has 4 aromatic carbocycles. The molecular weight excluding hydrogens is 576 g/mol. The molecule has 5 rings (SSSR count). The average Bonchev–Trinajstić information content (AvgIpc) is 3.26. The van der Waals surface area contributed by atoms with E-state index in [-0.39, 0.29) is 6.61 Å². The van der Waals surface area contributed by atoms with Crippen LogP contribution in [-0.4, -0.2) is 24.7 Å². The molecule has 37 heavy (non-hydrogen) atoms. The van der Waals surface area contributed by atoms with Gasteiger partial charge >= 0.3 is 5.97 Å². The zero-order chi connectivity index (χ0) is 25.8. The Morgan fingerprint density at radius 3 is 2.46 bits per heavy atom. The Labute approximate surface area is 229 Å². The van der Waals surface area contributed by atoms with Crippen molar-refractivity contribution < 1.29 is 19.1 Å². The average molecular weight is 594 g/mol. The minimum atomic E-state index is -0.516. The van der Waals surface area contributed by atoms with Crippen molar-refractivity contribution in [2.45, 2.75) is 0 Å². The van der Waals surface area contributed by atoms with Crippen LogP contribution in [0, 0.1) is 0 Å². The van der Waals surface area contributed by atoms with Crippen LogP contribution in [0.5, 0.6) is 11.5 Å². The molecule has 1 N–H and O–H groups in total. The number of fused-ring (bicyclic) bond motifs is 2. The first-order valence-corrected chi connectivity index (χ1v) is 13.1. The third-order valence-corrected chi connectivity index (χ3v) is 7.87. The molecule has 9 heteroatoms. The van der Waals surface area contributed by atoms with Crippen molar-refractivity contribution in [1.29, 1.82) is 0 Å². The molecule has 0 aliphatic carbocycles. The number of ether oxygens (including phenoxy) is 2. The Morgan fingerprint density at radius 2 is 1.68 bits per heavy atom. The van der Waals surface area contributed by atoms with E-state index in [4.69, 9.17) is 21.1 Å². The zero-order valence-corrected chi connectivity index (χ0v) is 22.3. The van der Waals surface area contributed by atoms with E-state index >= 15 is 0 Å². The summed E-state index contributed by atoms with van der Waals surface area (Å²) < 4.78 is 12.8. The molecule has 0 fully saturated rings. The van der Waals surface area contributed by atoms with Gasteiger partial charge in [0.05, 0.1) is 15.7 Å². The molecule has 184 valence electrons. The van der Waals surface area contributed by atoms with Gasteiger partial charge in [0.25, 0.3) is 5.91 Å². The summed E-state index contributed by atoms with van der Waals surface area (Å²) in [5, 5.41) is 7.24. The van der Waals surface area contributed by atoms with Crippen LogP contribution in [0.25, 0.3) is 20.9 Å². The molecule has 0 spiro atoms. The van der Waals surface area contributed by atoms with Gasteiger partial charge in [0.2, 0.25) is 0 Å². The molecule has 0 saturated carbocycles. The summed E-state index contributed by atoms with van der Waals surface area (Å²) in [4.78, 5) is 25.1. The van der Waals surface area contributed by atoms with Crippen LogP contribution in [0.4, 0.5) is 0 Å². The Kier molecular flexibility index (Phi) is 7.50. The standard InChI is InChI=1S/C28H18BrClN2O4S/c29-25-20-6-2-1-5-18(20)11-14-22(25)35-16-24(33)32-31-15-17-9-12-19(13-10-17)36-28(34)27-26(30)21-7-3-4-8-23(21)37-27/h1-15H,16H2,(H,32,33)/b31-15+. The van der Waals surface area contributed by atoms with Gasteiger partial charge in [-0.15, -0.1) is 11.3 Å². The predicted molar refractivity (Wildman–Crippen MR) is 151 cm³/mol. The maximum atomic E-state index is 12.6. The smallest absolute Gasteiger partial charge is 0.355 e. The fourth-order valence-electron chi connectivity index (χ4n) is 3.60. The van der Waals surface area contributed by atoms with E-state index in [1.807, 2.05) is 60.7 Å². The first-order valence-electron chi connectivity index (χ1n) is 11.1. The molecule has 0 radical (unpaired) electrons. The van der Waals surface area contributed by atoms with Crippen LogP contribution < -0.4 is 14.9 Å². The number of esters is 1. The number of halogens is 2. The third kappa shape index (κ3) is 5.67. The highest BCUT2D eigenvalue weighted by Gasteiger charge is 2.19. The number of benzene rings is 4. The van der Waals surface area contributed by atoms with Gasteiger partial charge in [0.15, 0.2) is 6.61 Å². The fraction of sp³-hybridized carbons (Fsp3) is 0.0357. The van der Waals surface area contributed by atoms with Gasteiger partial charge in [0.1, 0.15) is 16.4 Å². The number of hydrogen-bond acceptors (Lipinski definition) is 6. The van der Waals surface area contributed by atoms with Crippen molar-refractivity contribution in [2.75, 3.05) is 6.61 Å². The van der Waals surface area contributed by atoms with Gasteiger partial charge in [-0.2, -0.15) is 5.10 Å². The Hall–Kier alpha value is -3.72. The lowest BCUT2D eigenvalue weighted by Gasteiger charge is -2.09. The summed E-state index contributed by atoms with van der Waals surface area (Å²) in [6.45, 7) is -0.191. The van der Waals surface area contributed by atoms with E-state index in [1.54, 1.807) is 24.3 Å². The van der Waals surface area contributed by atoms with E-state index in [2.05, 4.69) is 26.5 Å². The fourth-order valence-corrected chi connectivity index (χ4v) is 5.59. The highest BCUT2D eigenvalue weighted by Crippen LogP contribution is 2.36. The molecule has 6 nitrogen and oxygen atoms in total. The second-order valence-electron chi connectivity index (χ2n) is 7.88. The van der Waals surface area contributed by atoms with Crippen LogP contribution in [0.3, 0.4) is 0 Å². The van der Waals surface area contributed by atoms with E-state index < -0.39 is 11.9 Å². The number of hydrazone groups is 1. The minimum absolute atomic E-state index is 0.191. The lowest BCUT2D eigenvalue weighted by molar-refractivity contribution is -0.123. The molecule has 5 aromatic rings. The monoisotopic (exact) mass is 592 g/mol. The minimum Gasteiger partial charge on any atom is -0.483 e. The van der Waals surface area contributed by atoms with E-state index in [0.29, 0.717) is 27.0 Å². The molecule has 0 saturated heterocycles. The van der Waals surface area contributed by atoms with Crippen LogP contribution in [0.15, 0.2) is 94.5 Å². The SMILES string of the molecule is O=C(COc1ccc2ccccc2c1Br)N/N=C/c1ccc(OC(=O)c2sc3ccccc3c2Cl)cc1. The Morgan fingerprint density at radius 1 is 0.946 bits per heavy atom. The second-order valence-corrected chi connectivity index (χ2v) is 10.1. The topological polar surface area (TPSA) is 77.0 Å². The maximum absolute atomic E-state index is 12.6. The van der Waals surface area contributed by atoms with E-state index in [1.165, 1.54) is 17.6 Å². The number of amides is 1. The largest absolute Gasteiger partial charge is 0.483 e.